The first-order valence-corrected chi connectivity index (χ1v) is 4.98. The van der Waals surface area contributed by atoms with Gasteiger partial charge in [0.2, 0.25) is 0 Å². The standard InChI is InChI=1S/C11H19N3/c1-5-14(4)11-10(7-12)8(2)6-9(3)13-11/h6H,5,7,12H2,1-4H3. The van der Waals surface area contributed by atoms with Gasteiger partial charge in [-0.15, -0.1) is 0 Å². The highest BCUT2D eigenvalue weighted by Crippen LogP contribution is 2.20. The van der Waals surface area contributed by atoms with Gasteiger partial charge in [-0.2, -0.15) is 0 Å². The number of hydrogen-bond donors (Lipinski definition) is 1. The van der Waals surface area contributed by atoms with Crippen molar-refractivity contribution in [3.63, 3.8) is 0 Å². The van der Waals surface area contributed by atoms with Gasteiger partial charge >= 0.3 is 0 Å². The molecule has 0 aliphatic rings. The SMILES string of the molecule is CCN(C)c1nc(C)cc(C)c1CN. The molecule has 0 atom stereocenters. The molecule has 1 aromatic heterocycles. The lowest BCUT2D eigenvalue weighted by molar-refractivity contribution is 0.894. The number of nitrogens with two attached hydrogens (primary N) is 1. The average molecular weight is 193 g/mol. The van der Waals surface area contributed by atoms with Crippen LogP contribution >= 0.6 is 0 Å². The largest absolute Gasteiger partial charge is 0.360 e. The second kappa shape index (κ2) is 4.42. The molecular formula is C11H19N3. The van der Waals surface area contributed by atoms with Crippen LogP contribution in [0.4, 0.5) is 5.82 Å². The molecular weight excluding hydrogens is 174 g/mol. The minimum absolute atomic E-state index is 0.554. The van der Waals surface area contributed by atoms with Gasteiger partial charge in [-0.25, -0.2) is 4.98 Å². The molecule has 3 heteroatoms. The number of pyridine rings is 1. The first-order valence-electron chi connectivity index (χ1n) is 4.98. The van der Waals surface area contributed by atoms with E-state index in [0.29, 0.717) is 6.54 Å². The molecule has 14 heavy (non-hydrogen) atoms. The number of aryl methyl sites for hydroxylation is 2. The van der Waals surface area contributed by atoms with Gasteiger partial charge in [0.25, 0.3) is 0 Å². The quantitative estimate of drug-likeness (QED) is 0.793. The fraction of sp³-hybridized carbons (Fsp3) is 0.545. The Morgan fingerprint density at radius 2 is 2.07 bits per heavy atom. The van der Waals surface area contributed by atoms with Gasteiger partial charge in [-0.3, -0.25) is 0 Å². The number of anilines is 1. The van der Waals surface area contributed by atoms with Crippen LogP contribution in [0.25, 0.3) is 0 Å². The van der Waals surface area contributed by atoms with Crippen molar-refractivity contribution < 1.29 is 0 Å². The van der Waals surface area contributed by atoms with Crippen molar-refractivity contribution in [1.29, 1.82) is 0 Å². The van der Waals surface area contributed by atoms with Gasteiger partial charge in [0, 0.05) is 31.4 Å². The summed E-state index contributed by atoms with van der Waals surface area (Å²) >= 11 is 0. The fourth-order valence-electron chi connectivity index (χ4n) is 1.56. The van der Waals surface area contributed by atoms with Crippen LogP contribution < -0.4 is 10.6 Å². The van der Waals surface area contributed by atoms with E-state index in [4.69, 9.17) is 5.73 Å². The third-order valence-corrected chi connectivity index (χ3v) is 2.49. The molecule has 78 valence electrons. The van der Waals surface area contributed by atoms with Gasteiger partial charge in [0.1, 0.15) is 5.82 Å². The zero-order valence-corrected chi connectivity index (χ0v) is 9.46. The highest BCUT2D eigenvalue weighted by atomic mass is 15.2. The van der Waals surface area contributed by atoms with Crippen molar-refractivity contribution in [3.8, 4) is 0 Å². The molecule has 0 radical (unpaired) electrons. The molecule has 0 spiro atoms. The summed E-state index contributed by atoms with van der Waals surface area (Å²) in [6.45, 7) is 7.71. The van der Waals surface area contributed by atoms with E-state index in [9.17, 15) is 0 Å². The van der Waals surface area contributed by atoms with E-state index in [1.165, 1.54) is 5.56 Å². The third-order valence-electron chi connectivity index (χ3n) is 2.49. The Morgan fingerprint density at radius 3 is 2.57 bits per heavy atom. The molecule has 2 N–H and O–H groups in total. The second-order valence-electron chi connectivity index (χ2n) is 3.60. The lowest BCUT2D eigenvalue weighted by Crippen LogP contribution is -2.21. The first kappa shape index (κ1) is 11.0. The highest BCUT2D eigenvalue weighted by Gasteiger charge is 2.09. The Bertz CT molecular complexity index is 321. The lowest BCUT2D eigenvalue weighted by atomic mass is 10.1. The molecule has 0 bridgehead atoms. The van der Waals surface area contributed by atoms with Crippen molar-refractivity contribution in [2.45, 2.75) is 27.3 Å². The molecule has 0 fully saturated rings. The molecule has 0 saturated carbocycles. The van der Waals surface area contributed by atoms with Crippen molar-refractivity contribution in [1.82, 2.24) is 4.98 Å². The minimum atomic E-state index is 0.554. The summed E-state index contributed by atoms with van der Waals surface area (Å²) in [5.41, 5.74) is 9.16. The predicted octanol–water partition coefficient (Wildman–Crippen LogP) is 1.61. The third kappa shape index (κ3) is 2.04. The Morgan fingerprint density at radius 1 is 1.43 bits per heavy atom. The molecule has 1 aromatic rings. The van der Waals surface area contributed by atoms with Crippen molar-refractivity contribution in [3.05, 3.63) is 22.9 Å². The van der Waals surface area contributed by atoms with E-state index in [1.807, 2.05) is 14.0 Å². The first-order chi connectivity index (χ1) is 6.60. The molecule has 0 aliphatic heterocycles. The van der Waals surface area contributed by atoms with E-state index in [0.717, 1.165) is 23.6 Å². The molecule has 0 aromatic carbocycles. The van der Waals surface area contributed by atoms with Crippen molar-refractivity contribution in [2.75, 3.05) is 18.5 Å². The Labute approximate surface area is 85.9 Å². The van der Waals surface area contributed by atoms with E-state index in [2.05, 4.69) is 29.8 Å². The zero-order valence-electron chi connectivity index (χ0n) is 9.46. The smallest absolute Gasteiger partial charge is 0.133 e. The fourth-order valence-corrected chi connectivity index (χ4v) is 1.56. The molecule has 0 unspecified atom stereocenters. The minimum Gasteiger partial charge on any atom is -0.360 e. The van der Waals surface area contributed by atoms with E-state index < -0.39 is 0 Å². The van der Waals surface area contributed by atoms with Crippen LogP contribution in [0.1, 0.15) is 23.7 Å². The van der Waals surface area contributed by atoms with Crippen LogP contribution in [0, 0.1) is 13.8 Å². The maximum atomic E-state index is 5.73. The van der Waals surface area contributed by atoms with E-state index >= 15 is 0 Å². The van der Waals surface area contributed by atoms with Gasteiger partial charge < -0.3 is 10.6 Å². The summed E-state index contributed by atoms with van der Waals surface area (Å²) in [6, 6.07) is 2.08. The Hall–Kier alpha value is -1.09. The summed E-state index contributed by atoms with van der Waals surface area (Å²) in [6.07, 6.45) is 0. The van der Waals surface area contributed by atoms with Crippen molar-refractivity contribution in [2.24, 2.45) is 5.73 Å². The summed E-state index contributed by atoms with van der Waals surface area (Å²) in [4.78, 5) is 6.65. The predicted molar refractivity (Wildman–Crippen MR) is 60.5 cm³/mol. The average Bonchev–Trinajstić information content (AvgIpc) is 2.15. The van der Waals surface area contributed by atoms with Gasteiger partial charge in [0.15, 0.2) is 0 Å². The van der Waals surface area contributed by atoms with E-state index in [-0.39, 0.29) is 0 Å². The maximum Gasteiger partial charge on any atom is 0.133 e. The zero-order chi connectivity index (χ0) is 10.7. The van der Waals surface area contributed by atoms with Crippen molar-refractivity contribution >= 4 is 5.82 Å². The molecule has 0 amide bonds. The number of aromatic nitrogens is 1. The van der Waals surface area contributed by atoms with Crippen LogP contribution in [0.2, 0.25) is 0 Å². The Balaban J connectivity index is 3.24. The topological polar surface area (TPSA) is 42.2 Å². The monoisotopic (exact) mass is 193 g/mol. The van der Waals surface area contributed by atoms with Crippen LogP contribution in [-0.2, 0) is 6.54 Å². The van der Waals surface area contributed by atoms with Crippen LogP contribution in [0.5, 0.6) is 0 Å². The number of hydrogen-bond acceptors (Lipinski definition) is 3. The van der Waals surface area contributed by atoms with Crippen LogP contribution in [0.3, 0.4) is 0 Å². The molecule has 0 aliphatic carbocycles. The van der Waals surface area contributed by atoms with E-state index in [1.54, 1.807) is 0 Å². The van der Waals surface area contributed by atoms with Gasteiger partial charge in [-0.05, 0) is 32.4 Å². The molecule has 1 heterocycles. The van der Waals surface area contributed by atoms with Gasteiger partial charge in [-0.1, -0.05) is 0 Å². The number of rotatable bonds is 3. The summed E-state index contributed by atoms with van der Waals surface area (Å²) in [7, 11) is 2.04. The Kier molecular flexibility index (Phi) is 3.47. The maximum absolute atomic E-state index is 5.73. The summed E-state index contributed by atoms with van der Waals surface area (Å²) in [5.74, 6) is 1.02. The number of nitrogens with zero attached hydrogens (tertiary/aromatic N) is 2. The summed E-state index contributed by atoms with van der Waals surface area (Å²) in [5, 5.41) is 0. The van der Waals surface area contributed by atoms with Crippen LogP contribution in [-0.4, -0.2) is 18.6 Å². The highest BCUT2D eigenvalue weighted by molar-refractivity contribution is 5.50. The molecule has 1 rings (SSSR count). The second-order valence-corrected chi connectivity index (χ2v) is 3.60. The van der Waals surface area contributed by atoms with Gasteiger partial charge in [0.05, 0.1) is 0 Å². The normalized spacial score (nSPS) is 10.4. The summed E-state index contributed by atoms with van der Waals surface area (Å²) < 4.78 is 0. The molecule has 3 nitrogen and oxygen atoms in total. The molecule has 0 saturated heterocycles. The lowest BCUT2D eigenvalue weighted by Gasteiger charge is -2.20. The van der Waals surface area contributed by atoms with Crippen LogP contribution in [0.15, 0.2) is 6.07 Å².